The summed E-state index contributed by atoms with van der Waals surface area (Å²) in [6.45, 7) is 6.44. The van der Waals surface area contributed by atoms with Crippen molar-refractivity contribution in [2.24, 2.45) is 0 Å². The zero-order valence-corrected chi connectivity index (χ0v) is 15.5. The van der Waals surface area contributed by atoms with E-state index in [1.165, 1.54) is 24.3 Å². The Labute approximate surface area is 170 Å². The number of carbonyl (C=O) groups is 2. The number of esters is 2. The van der Waals surface area contributed by atoms with Crippen LogP contribution in [0.3, 0.4) is 0 Å². The van der Waals surface area contributed by atoms with E-state index in [1.807, 2.05) is 0 Å². The van der Waals surface area contributed by atoms with Crippen LogP contribution in [0.2, 0.25) is 0 Å². The van der Waals surface area contributed by atoms with Crippen LogP contribution in [0.1, 0.15) is 0 Å². The van der Waals surface area contributed by atoms with Crippen molar-refractivity contribution in [2.75, 3.05) is 0 Å². The van der Waals surface area contributed by atoms with Crippen LogP contribution in [-0.2, 0) is 19.1 Å². The van der Waals surface area contributed by atoms with Gasteiger partial charge in [-0.3, -0.25) is 0 Å². The lowest BCUT2D eigenvalue weighted by molar-refractivity contribution is -0.133. The Hall–Kier alpha value is -4.20. The molecule has 0 amide bonds. The number of halogens is 2. The lowest BCUT2D eigenvalue weighted by atomic mass is 10.0. The molecule has 0 aliphatic heterocycles. The second-order valence-electron chi connectivity index (χ2n) is 5.35. The van der Waals surface area contributed by atoms with Gasteiger partial charge in [0.15, 0.2) is 23.1 Å². The summed E-state index contributed by atoms with van der Waals surface area (Å²) in [7, 11) is 0. The summed E-state index contributed by atoms with van der Waals surface area (Å²) < 4.78 is 47.6. The Kier molecular flexibility index (Phi) is 8.07. The van der Waals surface area contributed by atoms with Gasteiger partial charge in [0.2, 0.25) is 0 Å². The van der Waals surface area contributed by atoms with E-state index in [2.05, 4.69) is 22.6 Å². The van der Waals surface area contributed by atoms with Crippen LogP contribution in [0.4, 0.5) is 8.78 Å². The summed E-state index contributed by atoms with van der Waals surface area (Å²) in [5.41, 5.74) is 0.783. The highest BCUT2D eigenvalue weighted by atomic mass is 19.1. The highest BCUT2D eigenvalue weighted by Gasteiger charge is 2.09. The van der Waals surface area contributed by atoms with Crippen LogP contribution >= 0.6 is 0 Å². The molecule has 2 rings (SSSR count). The zero-order valence-electron chi connectivity index (χ0n) is 15.5. The number of hydrogen-bond donors (Lipinski definition) is 0. The van der Waals surface area contributed by atoms with Gasteiger partial charge >= 0.3 is 11.9 Å². The van der Waals surface area contributed by atoms with Crippen molar-refractivity contribution < 1.29 is 37.3 Å². The van der Waals surface area contributed by atoms with Crippen LogP contribution in [0.5, 0.6) is 11.5 Å². The largest absolute Gasteiger partial charge is 0.459 e. The lowest BCUT2D eigenvalue weighted by Gasteiger charge is -2.08. The average Bonchev–Trinajstić information content (AvgIpc) is 2.75. The Morgan fingerprint density at radius 1 is 0.700 bits per heavy atom. The average molecular weight is 414 g/mol. The normalized spacial score (nSPS) is 10.6. The first-order valence-electron chi connectivity index (χ1n) is 8.33. The molecule has 0 saturated carbocycles. The van der Waals surface area contributed by atoms with Crippen LogP contribution in [-0.4, -0.2) is 11.9 Å². The van der Waals surface area contributed by atoms with Gasteiger partial charge in [0.25, 0.3) is 0 Å². The molecule has 0 N–H and O–H groups in total. The maximum atomic E-state index is 14.2. The first kappa shape index (κ1) is 22.1. The summed E-state index contributed by atoms with van der Waals surface area (Å²) in [4.78, 5) is 21.7. The van der Waals surface area contributed by atoms with E-state index >= 15 is 0 Å². The van der Waals surface area contributed by atoms with Gasteiger partial charge in [0, 0.05) is 12.2 Å². The Morgan fingerprint density at radius 3 is 1.43 bits per heavy atom. The minimum Gasteiger partial charge on any atom is -0.459 e. The molecule has 6 nitrogen and oxygen atoms in total. The van der Waals surface area contributed by atoms with E-state index in [0.29, 0.717) is 11.1 Å². The maximum absolute atomic E-state index is 14.2. The fourth-order valence-corrected chi connectivity index (χ4v) is 2.04. The van der Waals surface area contributed by atoms with Gasteiger partial charge < -0.3 is 18.9 Å². The van der Waals surface area contributed by atoms with E-state index in [1.54, 1.807) is 0 Å². The van der Waals surface area contributed by atoms with E-state index in [0.717, 1.165) is 49.3 Å². The van der Waals surface area contributed by atoms with Crippen LogP contribution in [0.25, 0.3) is 11.1 Å². The van der Waals surface area contributed by atoms with Gasteiger partial charge in [-0.1, -0.05) is 25.3 Å². The highest BCUT2D eigenvalue weighted by molar-refractivity contribution is 5.82. The minimum absolute atomic E-state index is 0.121. The standard InChI is InChI=1S/C22H16F2O6/c1-3-21(25)29-11-9-27-19-7-5-15(13-17(19)23)16-6-8-20(18(24)14-16)28-10-12-30-22(26)4-2/h3-14H,1-2H2. The summed E-state index contributed by atoms with van der Waals surface area (Å²) in [6, 6.07) is 8.02. The molecule has 0 aliphatic carbocycles. The van der Waals surface area contributed by atoms with Crippen molar-refractivity contribution >= 4 is 11.9 Å². The fourth-order valence-electron chi connectivity index (χ4n) is 2.04. The molecule has 0 radical (unpaired) electrons. The maximum Gasteiger partial charge on any atom is 0.335 e. The molecule has 0 saturated heterocycles. The van der Waals surface area contributed by atoms with Gasteiger partial charge in [-0.15, -0.1) is 0 Å². The summed E-state index contributed by atoms with van der Waals surface area (Å²) in [6.07, 6.45) is 5.79. The van der Waals surface area contributed by atoms with Crippen molar-refractivity contribution in [3.8, 4) is 22.6 Å². The Morgan fingerprint density at radius 2 is 1.10 bits per heavy atom. The third-order valence-electron chi connectivity index (χ3n) is 3.40. The van der Waals surface area contributed by atoms with E-state index in [9.17, 15) is 18.4 Å². The smallest absolute Gasteiger partial charge is 0.335 e. The number of hydrogen-bond acceptors (Lipinski definition) is 6. The van der Waals surface area contributed by atoms with Crippen molar-refractivity contribution in [1.29, 1.82) is 0 Å². The minimum atomic E-state index is -0.708. The molecule has 0 bridgehead atoms. The number of rotatable bonds is 9. The molecule has 30 heavy (non-hydrogen) atoms. The van der Waals surface area contributed by atoms with E-state index in [-0.39, 0.29) is 11.5 Å². The first-order chi connectivity index (χ1) is 14.4. The topological polar surface area (TPSA) is 71.1 Å². The molecule has 0 unspecified atom stereocenters. The third kappa shape index (κ3) is 6.45. The molecule has 2 aromatic carbocycles. The lowest BCUT2D eigenvalue weighted by Crippen LogP contribution is -1.94. The van der Waals surface area contributed by atoms with Gasteiger partial charge in [0.1, 0.15) is 25.0 Å². The summed E-state index contributed by atoms with van der Waals surface area (Å²) in [5.74, 6) is -3.03. The predicted molar refractivity (Wildman–Crippen MR) is 104 cm³/mol. The van der Waals surface area contributed by atoms with Gasteiger partial charge in [-0.2, -0.15) is 0 Å². The van der Waals surface area contributed by atoms with E-state index < -0.39 is 23.6 Å². The molecular weight excluding hydrogens is 398 g/mol. The van der Waals surface area contributed by atoms with Crippen molar-refractivity contribution in [3.05, 3.63) is 98.4 Å². The van der Waals surface area contributed by atoms with Crippen LogP contribution in [0.15, 0.2) is 86.8 Å². The first-order valence-corrected chi connectivity index (χ1v) is 8.33. The molecule has 0 atom stereocenters. The molecule has 2 aromatic rings. The highest BCUT2D eigenvalue weighted by Crippen LogP contribution is 2.29. The molecular formula is C22H16F2O6. The van der Waals surface area contributed by atoms with Crippen molar-refractivity contribution in [3.63, 3.8) is 0 Å². The molecule has 0 fully saturated rings. The van der Waals surface area contributed by atoms with Crippen molar-refractivity contribution in [1.82, 2.24) is 0 Å². The van der Waals surface area contributed by atoms with Gasteiger partial charge in [0.05, 0.1) is 0 Å². The molecule has 8 heteroatoms. The molecule has 0 spiro atoms. The second-order valence-corrected chi connectivity index (χ2v) is 5.35. The van der Waals surface area contributed by atoms with E-state index in [4.69, 9.17) is 9.47 Å². The quantitative estimate of drug-likeness (QED) is 0.334. The Balaban J connectivity index is 2.05. The van der Waals surface area contributed by atoms with Crippen LogP contribution in [0, 0.1) is 11.6 Å². The number of benzene rings is 2. The van der Waals surface area contributed by atoms with Gasteiger partial charge in [-0.05, 0) is 35.4 Å². The monoisotopic (exact) mass is 414 g/mol. The number of ether oxygens (including phenoxy) is 4. The Bertz CT molecular complexity index is 929. The zero-order chi connectivity index (χ0) is 21.9. The molecule has 0 aliphatic rings. The van der Waals surface area contributed by atoms with Gasteiger partial charge in [-0.25, -0.2) is 18.4 Å². The fraction of sp³-hybridized carbons (Fsp3) is 0. The SMILES string of the molecule is C=CC(=O)OC=COc1ccc(-c2ccc(OC=COC(=O)C=C)c(F)c2)cc1F. The molecule has 154 valence electrons. The van der Waals surface area contributed by atoms with Crippen LogP contribution < -0.4 is 9.47 Å². The summed E-state index contributed by atoms with van der Waals surface area (Å²) in [5, 5.41) is 0. The number of carbonyl (C=O) groups excluding carboxylic acids is 2. The third-order valence-corrected chi connectivity index (χ3v) is 3.40. The molecule has 0 heterocycles. The predicted octanol–water partition coefficient (Wildman–Crippen LogP) is 4.79. The molecule has 0 aromatic heterocycles. The summed E-state index contributed by atoms with van der Waals surface area (Å²) >= 11 is 0. The van der Waals surface area contributed by atoms with Crippen molar-refractivity contribution in [2.45, 2.75) is 0 Å². The second kappa shape index (κ2) is 11.0.